The predicted octanol–water partition coefficient (Wildman–Crippen LogP) is 4.02. The van der Waals surface area contributed by atoms with E-state index >= 15 is 0 Å². The molecule has 0 saturated heterocycles. The van der Waals surface area contributed by atoms with Crippen molar-refractivity contribution in [2.24, 2.45) is 5.41 Å². The lowest BCUT2D eigenvalue weighted by Gasteiger charge is -2.21. The minimum absolute atomic E-state index is 0.174. The van der Waals surface area contributed by atoms with Gasteiger partial charge in [-0.1, -0.05) is 42.2 Å². The van der Waals surface area contributed by atoms with E-state index in [0.717, 1.165) is 5.56 Å². The van der Waals surface area contributed by atoms with E-state index in [1.807, 2.05) is 30.3 Å². The Morgan fingerprint density at radius 2 is 1.65 bits per heavy atom. The van der Waals surface area contributed by atoms with Crippen LogP contribution in [0.1, 0.15) is 46.0 Å². The first-order valence-electron chi connectivity index (χ1n) is 8.18. The SMILES string of the molecule is COC(=O)c1ccc(C(=O)C(C)(C#Cc2ccccc2)CCC#N)cc1. The van der Waals surface area contributed by atoms with Crippen molar-refractivity contribution in [3.8, 4) is 17.9 Å². The van der Waals surface area contributed by atoms with Gasteiger partial charge in [-0.25, -0.2) is 4.79 Å². The number of carbonyl (C=O) groups excluding carboxylic acids is 2. The first-order valence-corrected chi connectivity index (χ1v) is 8.18. The smallest absolute Gasteiger partial charge is 0.337 e. The van der Waals surface area contributed by atoms with E-state index in [9.17, 15) is 9.59 Å². The van der Waals surface area contributed by atoms with Gasteiger partial charge in [-0.2, -0.15) is 5.26 Å². The minimum atomic E-state index is -0.988. The molecule has 2 aromatic carbocycles. The first kappa shape index (κ1) is 19.0. The summed E-state index contributed by atoms with van der Waals surface area (Å²) in [5.74, 6) is 5.45. The van der Waals surface area contributed by atoms with Crippen LogP contribution in [0.15, 0.2) is 54.6 Å². The summed E-state index contributed by atoms with van der Waals surface area (Å²) in [6.07, 6.45) is 0.562. The van der Waals surface area contributed by atoms with E-state index in [4.69, 9.17) is 5.26 Å². The van der Waals surface area contributed by atoms with Crippen LogP contribution < -0.4 is 0 Å². The third kappa shape index (κ3) is 4.59. The van der Waals surface area contributed by atoms with Crippen LogP contribution in [-0.2, 0) is 4.74 Å². The maximum Gasteiger partial charge on any atom is 0.337 e. The molecule has 0 aromatic heterocycles. The van der Waals surface area contributed by atoms with Crippen molar-refractivity contribution in [3.05, 3.63) is 71.3 Å². The topological polar surface area (TPSA) is 67.2 Å². The Hall–Kier alpha value is -3.37. The fraction of sp³-hybridized carbons (Fsp3) is 0.227. The molecule has 0 bridgehead atoms. The summed E-state index contributed by atoms with van der Waals surface area (Å²) >= 11 is 0. The fourth-order valence-corrected chi connectivity index (χ4v) is 2.46. The zero-order valence-electron chi connectivity index (χ0n) is 14.8. The molecule has 0 radical (unpaired) electrons. The Bertz CT molecular complexity index is 883. The molecule has 0 aliphatic rings. The molecule has 0 amide bonds. The van der Waals surface area contributed by atoms with Crippen molar-refractivity contribution < 1.29 is 14.3 Å². The lowest BCUT2D eigenvalue weighted by Crippen LogP contribution is -2.26. The van der Waals surface area contributed by atoms with Gasteiger partial charge in [0.25, 0.3) is 0 Å². The number of carbonyl (C=O) groups is 2. The van der Waals surface area contributed by atoms with Gasteiger partial charge >= 0.3 is 5.97 Å². The molecule has 2 rings (SSSR count). The number of Topliss-reactive ketones (excluding diaryl/α,β-unsaturated/α-hetero) is 1. The van der Waals surface area contributed by atoms with Crippen molar-refractivity contribution >= 4 is 11.8 Å². The van der Waals surface area contributed by atoms with E-state index in [-0.39, 0.29) is 12.2 Å². The van der Waals surface area contributed by atoms with E-state index in [1.165, 1.54) is 7.11 Å². The summed E-state index contributed by atoms with van der Waals surface area (Å²) in [5.41, 5.74) is 0.640. The highest BCUT2D eigenvalue weighted by molar-refractivity contribution is 6.03. The lowest BCUT2D eigenvalue weighted by molar-refractivity contribution is 0.0600. The number of rotatable bonds is 5. The maximum atomic E-state index is 13.0. The van der Waals surface area contributed by atoms with Crippen LogP contribution in [0.2, 0.25) is 0 Å². The molecular weight excluding hydrogens is 326 g/mol. The van der Waals surface area contributed by atoms with Gasteiger partial charge in [0, 0.05) is 17.5 Å². The number of esters is 1. The molecular formula is C22H19NO3. The van der Waals surface area contributed by atoms with Gasteiger partial charge in [0.15, 0.2) is 5.78 Å². The summed E-state index contributed by atoms with van der Waals surface area (Å²) in [5, 5.41) is 8.93. The average molecular weight is 345 g/mol. The maximum absolute atomic E-state index is 13.0. The highest BCUT2D eigenvalue weighted by atomic mass is 16.5. The largest absolute Gasteiger partial charge is 0.465 e. The number of nitriles is 1. The number of ketones is 1. The molecule has 4 nitrogen and oxygen atoms in total. The third-order valence-electron chi connectivity index (χ3n) is 4.06. The Morgan fingerprint density at radius 3 is 2.23 bits per heavy atom. The molecule has 0 saturated carbocycles. The zero-order valence-corrected chi connectivity index (χ0v) is 14.8. The van der Waals surface area contributed by atoms with Gasteiger partial charge in [-0.05, 0) is 37.6 Å². The highest BCUT2D eigenvalue weighted by Crippen LogP contribution is 2.28. The monoisotopic (exact) mass is 345 g/mol. The Labute approximate surface area is 153 Å². The molecule has 0 spiro atoms. The first-order chi connectivity index (χ1) is 12.5. The predicted molar refractivity (Wildman–Crippen MR) is 98.4 cm³/mol. The molecule has 0 aliphatic carbocycles. The Kier molecular flexibility index (Phi) is 6.31. The van der Waals surface area contributed by atoms with Crippen LogP contribution >= 0.6 is 0 Å². The summed E-state index contributed by atoms with van der Waals surface area (Å²) < 4.78 is 4.66. The highest BCUT2D eigenvalue weighted by Gasteiger charge is 2.32. The van der Waals surface area contributed by atoms with Crippen LogP contribution in [-0.4, -0.2) is 18.9 Å². The van der Waals surface area contributed by atoms with E-state index < -0.39 is 11.4 Å². The van der Waals surface area contributed by atoms with E-state index in [1.54, 1.807) is 31.2 Å². The van der Waals surface area contributed by atoms with Crippen LogP contribution in [0.3, 0.4) is 0 Å². The molecule has 1 unspecified atom stereocenters. The van der Waals surface area contributed by atoms with Gasteiger partial charge in [0.1, 0.15) is 0 Å². The molecule has 26 heavy (non-hydrogen) atoms. The Morgan fingerprint density at radius 1 is 1.04 bits per heavy atom. The second-order valence-corrected chi connectivity index (χ2v) is 6.00. The van der Waals surface area contributed by atoms with Crippen LogP contribution in [0.5, 0.6) is 0 Å². The second kappa shape index (κ2) is 8.65. The zero-order chi connectivity index (χ0) is 19.0. The number of benzene rings is 2. The third-order valence-corrected chi connectivity index (χ3v) is 4.06. The van der Waals surface area contributed by atoms with Crippen molar-refractivity contribution in [1.82, 2.24) is 0 Å². The second-order valence-electron chi connectivity index (χ2n) is 6.00. The summed E-state index contributed by atoms with van der Waals surface area (Å²) in [6, 6.07) is 17.7. The number of methoxy groups -OCH3 is 1. The van der Waals surface area contributed by atoms with Crippen LogP contribution in [0.25, 0.3) is 0 Å². The standard InChI is InChI=1S/C22H19NO3/c1-22(14-6-16-23,15-13-17-7-4-3-5-8-17)20(24)18-9-11-19(12-10-18)21(25)26-2/h3-5,7-12H,6,14H2,1-2H3. The van der Waals surface area contributed by atoms with Gasteiger partial charge in [0.2, 0.25) is 0 Å². The molecule has 1 atom stereocenters. The van der Waals surface area contributed by atoms with Gasteiger partial charge < -0.3 is 4.74 Å². The quantitative estimate of drug-likeness (QED) is 0.466. The van der Waals surface area contributed by atoms with E-state index in [0.29, 0.717) is 17.5 Å². The normalized spacial score (nSPS) is 12.0. The molecule has 0 N–H and O–H groups in total. The summed E-state index contributed by atoms with van der Waals surface area (Å²) in [6.45, 7) is 1.75. The van der Waals surface area contributed by atoms with E-state index in [2.05, 4.69) is 22.6 Å². The molecule has 0 fully saturated rings. The number of nitrogens with zero attached hydrogens (tertiary/aromatic N) is 1. The number of ether oxygens (including phenoxy) is 1. The van der Waals surface area contributed by atoms with Gasteiger partial charge in [0.05, 0.1) is 24.2 Å². The fourth-order valence-electron chi connectivity index (χ4n) is 2.46. The van der Waals surface area contributed by atoms with Crippen molar-refractivity contribution in [3.63, 3.8) is 0 Å². The molecule has 2 aromatic rings. The Balaban J connectivity index is 2.33. The van der Waals surface area contributed by atoms with Gasteiger partial charge in [-0.15, -0.1) is 0 Å². The van der Waals surface area contributed by atoms with Crippen molar-refractivity contribution in [2.75, 3.05) is 7.11 Å². The van der Waals surface area contributed by atoms with Crippen LogP contribution in [0.4, 0.5) is 0 Å². The number of hydrogen-bond acceptors (Lipinski definition) is 4. The van der Waals surface area contributed by atoms with Gasteiger partial charge in [-0.3, -0.25) is 4.79 Å². The molecule has 0 heterocycles. The van der Waals surface area contributed by atoms with Crippen molar-refractivity contribution in [1.29, 1.82) is 5.26 Å². The molecule has 130 valence electrons. The average Bonchev–Trinajstić information content (AvgIpc) is 2.70. The van der Waals surface area contributed by atoms with Crippen LogP contribution in [0, 0.1) is 28.6 Å². The molecule has 4 heteroatoms. The number of hydrogen-bond donors (Lipinski definition) is 0. The minimum Gasteiger partial charge on any atom is -0.465 e. The summed E-state index contributed by atoms with van der Waals surface area (Å²) in [7, 11) is 1.31. The molecule has 0 aliphatic heterocycles. The lowest BCUT2D eigenvalue weighted by atomic mass is 9.78. The summed E-state index contributed by atoms with van der Waals surface area (Å²) in [4.78, 5) is 24.5. The van der Waals surface area contributed by atoms with Crippen molar-refractivity contribution in [2.45, 2.75) is 19.8 Å².